The highest BCUT2D eigenvalue weighted by molar-refractivity contribution is 7.92. The molecule has 0 bridgehead atoms. The fraction of sp³-hybridized carbons (Fsp3) is 0.286. The molecular formula is C14H16N4O2S. The Balaban J connectivity index is 1.95. The normalized spacial score (nSPS) is 14.5. The Morgan fingerprint density at radius 2 is 2.19 bits per heavy atom. The Labute approximate surface area is 123 Å². The topological polar surface area (TPSA) is 84.0 Å². The molecule has 1 aliphatic rings. The van der Waals surface area contributed by atoms with Gasteiger partial charge in [0.15, 0.2) is 5.82 Å². The minimum atomic E-state index is -3.29. The van der Waals surface area contributed by atoms with Crippen LogP contribution in [0.25, 0.3) is 11.4 Å². The highest BCUT2D eigenvalue weighted by Crippen LogP contribution is 2.21. The van der Waals surface area contributed by atoms with E-state index in [0.29, 0.717) is 11.5 Å². The van der Waals surface area contributed by atoms with Crippen molar-refractivity contribution in [3.05, 3.63) is 41.7 Å². The van der Waals surface area contributed by atoms with E-state index < -0.39 is 10.0 Å². The first-order valence-electron chi connectivity index (χ1n) is 6.65. The van der Waals surface area contributed by atoms with Gasteiger partial charge in [-0.3, -0.25) is 4.72 Å². The molecule has 0 fully saturated rings. The van der Waals surface area contributed by atoms with Crippen LogP contribution >= 0.6 is 0 Å². The van der Waals surface area contributed by atoms with Gasteiger partial charge in [-0.05, 0) is 12.1 Å². The molecule has 2 heterocycles. The highest BCUT2D eigenvalue weighted by atomic mass is 32.2. The summed E-state index contributed by atoms with van der Waals surface area (Å²) in [4.78, 5) is 8.96. The third kappa shape index (κ3) is 3.37. The third-order valence-corrected chi connectivity index (χ3v) is 3.84. The smallest absolute Gasteiger partial charge is 0.229 e. The maximum absolute atomic E-state index is 11.3. The second kappa shape index (κ2) is 5.42. The molecule has 2 N–H and O–H groups in total. The van der Waals surface area contributed by atoms with Gasteiger partial charge in [0.1, 0.15) is 0 Å². The SMILES string of the molecule is CS(=O)(=O)Nc1cccc(-c2ncc3c(n2)CCNC3)c1. The van der Waals surface area contributed by atoms with Crippen molar-refractivity contribution in [2.45, 2.75) is 13.0 Å². The maximum Gasteiger partial charge on any atom is 0.229 e. The number of sulfonamides is 1. The molecule has 21 heavy (non-hydrogen) atoms. The zero-order valence-corrected chi connectivity index (χ0v) is 12.4. The summed E-state index contributed by atoms with van der Waals surface area (Å²) in [7, 11) is -3.29. The molecule has 7 heteroatoms. The molecule has 3 rings (SSSR count). The Bertz CT molecular complexity index is 774. The standard InChI is InChI=1S/C14H16N4O2S/c1-21(19,20)18-12-4-2-3-10(7-12)14-16-9-11-8-15-6-5-13(11)17-14/h2-4,7,9,15,18H,5-6,8H2,1H3. The van der Waals surface area contributed by atoms with Crippen LogP contribution in [0.2, 0.25) is 0 Å². The molecule has 6 nitrogen and oxygen atoms in total. The summed E-state index contributed by atoms with van der Waals surface area (Å²) in [6.45, 7) is 1.71. The Morgan fingerprint density at radius 1 is 1.33 bits per heavy atom. The van der Waals surface area contributed by atoms with Gasteiger partial charge in [-0.15, -0.1) is 0 Å². The van der Waals surface area contributed by atoms with Gasteiger partial charge in [-0.25, -0.2) is 18.4 Å². The van der Waals surface area contributed by atoms with E-state index in [2.05, 4.69) is 20.0 Å². The maximum atomic E-state index is 11.3. The summed E-state index contributed by atoms with van der Waals surface area (Å²) < 4.78 is 25.0. The lowest BCUT2D eigenvalue weighted by atomic mass is 10.1. The molecule has 0 saturated heterocycles. The number of hydrogen-bond acceptors (Lipinski definition) is 5. The predicted octanol–water partition coefficient (Wildman–Crippen LogP) is 1.16. The molecule has 0 aliphatic carbocycles. The van der Waals surface area contributed by atoms with Gasteiger partial charge in [-0.1, -0.05) is 12.1 Å². The first kappa shape index (κ1) is 14.0. The van der Waals surface area contributed by atoms with Gasteiger partial charge in [0.25, 0.3) is 0 Å². The molecule has 1 aliphatic heterocycles. The average molecular weight is 304 g/mol. The van der Waals surface area contributed by atoms with E-state index in [1.807, 2.05) is 12.3 Å². The second-order valence-electron chi connectivity index (χ2n) is 5.05. The van der Waals surface area contributed by atoms with Crippen molar-refractivity contribution in [3.8, 4) is 11.4 Å². The van der Waals surface area contributed by atoms with E-state index in [9.17, 15) is 8.42 Å². The molecule has 0 saturated carbocycles. The second-order valence-corrected chi connectivity index (χ2v) is 6.80. The largest absolute Gasteiger partial charge is 0.312 e. The van der Waals surface area contributed by atoms with Crippen molar-refractivity contribution in [1.82, 2.24) is 15.3 Å². The monoisotopic (exact) mass is 304 g/mol. The molecule has 110 valence electrons. The van der Waals surface area contributed by atoms with Crippen LogP contribution in [0.4, 0.5) is 5.69 Å². The number of anilines is 1. The van der Waals surface area contributed by atoms with Gasteiger partial charge >= 0.3 is 0 Å². The number of nitrogens with zero attached hydrogens (tertiary/aromatic N) is 2. The van der Waals surface area contributed by atoms with Gasteiger partial charge in [-0.2, -0.15) is 0 Å². The van der Waals surface area contributed by atoms with Crippen molar-refractivity contribution >= 4 is 15.7 Å². The zero-order valence-electron chi connectivity index (χ0n) is 11.6. The first-order valence-corrected chi connectivity index (χ1v) is 8.54. The Kier molecular flexibility index (Phi) is 3.60. The summed E-state index contributed by atoms with van der Waals surface area (Å²) in [5.41, 5.74) is 3.48. The summed E-state index contributed by atoms with van der Waals surface area (Å²) in [6.07, 6.45) is 3.84. The van der Waals surface area contributed by atoms with Crippen molar-refractivity contribution in [2.75, 3.05) is 17.5 Å². The molecule has 1 aromatic heterocycles. The quantitative estimate of drug-likeness (QED) is 0.889. The van der Waals surface area contributed by atoms with E-state index in [1.54, 1.807) is 18.2 Å². The number of hydrogen-bond donors (Lipinski definition) is 2. The summed E-state index contributed by atoms with van der Waals surface area (Å²) in [6, 6.07) is 7.10. The number of rotatable bonds is 3. The van der Waals surface area contributed by atoms with Crippen LogP contribution in [0.3, 0.4) is 0 Å². The van der Waals surface area contributed by atoms with Crippen LogP contribution in [-0.2, 0) is 23.0 Å². The molecule has 0 atom stereocenters. The molecule has 2 aromatic rings. The van der Waals surface area contributed by atoms with Crippen LogP contribution < -0.4 is 10.0 Å². The van der Waals surface area contributed by atoms with Crippen LogP contribution in [0.15, 0.2) is 30.5 Å². The Morgan fingerprint density at radius 3 is 3.00 bits per heavy atom. The number of aromatic nitrogens is 2. The van der Waals surface area contributed by atoms with Crippen molar-refractivity contribution in [2.24, 2.45) is 0 Å². The minimum Gasteiger partial charge on any atom is -0.312 e. The fourth-order valence-corrected chi connectivity index (χ4v) is 2.87. The summed E-state index contributed by atoms with van der Waals surface area (Å²) in [5, 5.41) is 3.28. The molecule has 0 spiro atoms. The lowest BCUT2D eigenvalue weighted by Crippen LogP contribution is -2.24. The first-order chi connectivity index (χ1) is 10.0. The van der Waals surface area contributed by atoms with Crippen LogP contribution in [0, 0.1) is 0 Å². The van der Waals surface area contributed by atoms with Crippen LogP contribution in [0.1, 0.15) is 11.3 Å². The molecule has 1 aromatic carbocycles. The van der Waals surface area contributed by atoms with Crippen LogP contribution in [0.5, 0.6) is 0 Å². The molecular weight excluding hydrogens is 288 g/mol. The number of nitrogens with one attached hydrogen (secondary N) is 2. The summed E-state index contributed by atoms with van der Waals surface area (Å²) in [5.74, 6) is 0.618. The van der Waals surface area contributed by atoms with E-state index >= 15 is 0 Å². The molecule has 0 radical (unpaired) electrons. The van der Waals surface area contributed by atoms with E-state index in [4.69, 9.17) is 0 Å². The zero-order chi connectivity index (χ0) is 14.9. The van der Waals surface area contributed by atoms with E-state index in [-0.39, 0.29) is 0 Å². The lowest BCUT2D eigenvalue weighted by Gasteiger charge is -2.16. The van der Waals surface area contributed by atoms with Crippen molar-refractivity contribution < 1.29 is 8.42 Å². The van der Waals surface area contributed by atoms with Gasteiger partial charge in [0, 0.05) is 42.5 Å². The lowest BCUT2D eigenvalue weighted by molar-refractivity contribution is 0.607. The molecule has 0 unspecified atom stereocenters. The van der Waals surface area contributed by atoms with Crippen LogP contribution in [-0.4, -0.2) is 31.2 Å². The predicted molar refractivity (Wildman–Crippen MR) is 81.3 cm³/mol. The third-order valence-electron chi connectivity index (χ3n) is 3.23. The molecule has 0 amide bonds. The number of benzene rings is 1. The summed E-state index contributed by atoms with van der Waals surface area (Å²) >= 11 is 0. The highest BCUT2D eigenvalue weighted by Gasteiger charge is 2.12. The van der Waals surface area contributed by atoms with Crippen molar-refractivity contribution in [1.29, 1.82) is 0 Å². The van der Waals surface area contributed by atoms with Gasteiger partial charge in [0.2, 0.25) is 10.0 Å². The van der Waals surface area contributed by atoms with Crippen molar-refractivity contribution in [3.63, 3.8) is 0 Å². The number of fused-ring (bicyclic) bond motifs is 1. The minimum absolute atomic E-state index is 0.512. The fourth-order valence-electron chi connectivity index (χ4n) is 2.31. The van der Waals surface area contributed by atoms with E-state index in [0.717, 1.165) is 42.6 Å². The van der Waals surface area contributed by atoms with E-state index in [1.165, 1.54) is 0 Å². The Hall–Kier alpha value is -1.99. The average Bonchev–Trinajstić information content (AvgIpc) is 2.45. The van der Waals surface area contributed by atoms with Gasteiger partial charge < -0.3 is 5.32 Å². The van der Waals surface area contributed by atoms with Gasteiger partial charge in [0.05, 0.1) is 11.9 Å².